The molecule has 0 aliphatic heterocycles. The van der Waals surface area contributed by atoms with E-state index in [9.17, 15) is 8.42 Å². The fraction of sp³-hybridized carbons (Fsp3) is 0.500. The van der Waals surface area contributed by atoms with Crippen LogP contribution < -0.4 is 10.0 Å². The lowest BCUT2D eigenvalue weighted by atomic mass is 10.3. The Bertz CT molecular complexity index is 474. The van der Waals surface area contributed by atoms with E-state index >= 15 is 0 Å². The highest BCUT2D eigenvalue weighted by molar-refractivity contribution is 7.89. The molecule has 0 unspecified atom stereocenters. The zero-order chi connectivity index (χ0) is 13.6. The van der Waals surface area contributed by atoms with Gasteiger partial charge in [0.2, 0.25) is 10.0 Å². The minimum atomic E-state index is -3.45. The van der Waals surface area contributed by atoms with E-state index in [2.05, 4.69) is 10.0 Å². The summed E-state index contributed by atoms with van der Waals surface area (Å²) in [4.78, 5) is 2.33. The molecule has 0 aliphatic carbocycles. The molecular weight excluding hydrogens is 250 g/mol. The second-order valence-electron chi connectivity index (χ2n) is 4.04. The molecule has 0 radical (unpaired) electrons. The maximum absolute atomic E-state index is 12.1. The molecule has 102 valence electrons. The van der Waals surface area contributed by atoms with Crippen molar-refractivity contribution in [2.24, 2.45) is 0 Å². The number of hydrogen-bond acceptors (Lipinski definition) is 4. The Labute approximate surface area is 109 Å². The first-order valence-corrected chi connectivity index (χ1v) is 7.44. The van der Waals surface area contributed by atoms with Crippen molar-refractivity contribution < 1.29 is 8.42 Å². The van der Waals surface area contributed by atoms with Gasteiger partial charge in [-0.3, -0.25) is 0 Å². The molecule has 0 saturated heterocycles. The summed E-state index contributed by atoms with van der Waals surface area (Å²) in [6.45, 7) is 4.03. The van der Waals surface area contributed by atoms with Gasteiger partial charge in [-0.25, -0.2) is 13.1 Å². The van der Waals surface area contributed by atoms with E-state index in [4.69, 9.17) is 0 Å². The molecule has 1 rings (SSSR count). The van der Waals surface area contributed by atoms with Gasteiger partial charge in [0.1, 0.15) is 4.90 Å². The molecule has 1 aromatic carbocycles. The second-order valence-corrected chi connectivity index (χ2v) is 5.78. The van der Waals surface area contributed by atoms with Crippen molar-refractivity contribution in [2.45, 2.75) is 11.8 Å². The van der Waals surface area contributed by atoms with Gasteiger partial charge >= 0.3 is 0 Å². The van der Waals surface area contributed by atoms with Gasteiger partial charge in [-0.05, 0) is 25.7 Å². The van der Waals surface area contributed by atoms with E-state index in [0.717, 1.165) is 6.54 Å². The molecule has 0 aromatic heterocycles. The van der Waals surface area contributed by atoms with Crippen molar-refractivity contribution in [3.05, 3.63) is 24.3 Å². The molecule has 0 saturated carbocycles. The summed E-state index contributed by atoms with van der Waals surface area (Å²) in [6, 6.07) is 6.85. The zero-order valence-corrected chi connectivity index (χ0v) is 11.9. The van der Waals surface area contributed by atoms with Crippen molar-refractivity contribution in [1.29, 1.82) is 0 Å². The Hall–Kier alpha value is -1.11. The summed E-state index contributed by atoms with van der Waals surface area (Å²) in [5.41, 5.74) is 0.605. The molecule has 1 aromatic rings. The normalized spacial score (nSPS) is 11.8. The van der Waals surface area contributed by atoms with Crippen LogP contribution in [0.4, 0.5) is 5.69 Å². The topological polar surface area (TPSA) is 61.4 Å². The molecular formula is C12H21N3O2S. The lowest BCUT2D eigenvalue weighted by Crippen LogP contribution is -2.33. The maximum atomic E-state index is 12.1. The number of para-hydroxylation sites is 1. The highest BCUT2D eigenvalue weighted by atomic mass is 32.2. The van der Waals surface area contributed by atoms with Gasteiger partial charge in [-0.2, -0.15) is 0 Å². The highest BCUT2D eigenvalue weighted by Crippen LogP contribution is 2.19. The Morgan fingerprint density at radius 2 is 1.94 bits per heavy atom. The van der Waals surface area contributed by atoms with Gasteiger partial charge in [0.25, 0.3) is 0 Å². The predicted octanol–water partition coefficient (Wildman–Crippen LogP) is 0.958. The monoisotopic (exact) mass is 271 g/mol. The summed E-state index contributed by atoms with van der Waals surface area (Å²) >= 11 is 0. The van der Waals surface area contributed by atoms with Crippen molar-refractivity contribution in [3.63, 3.8) is 0 Å². The number of anilines is 1. The molecule has 18 heavy (non-hydrogen) atoms. The number of benzene rings is 1. The van der Waals surface area contributed by atoms with Crippen molar-refractivity contribution >= 4 is 15.7 Å². The quantitative estimate of drug-likeness (QED) is 0.775. The summed E-state index contributed by atoms with van der Waals surface area (Å²) in [6.07, 6.45) is 0. The van der Waals surface area contributed by atoms with E-state index in [1.165, 1.54) is 0 Å². The number of nitrogens with zero attached hydrogens (tertiary/aromatic N) is 1. The largest absolute Gasteiger partial charge is 0.387 e. The Kier molecular flexibility index (Phi) is 5.58. The third-order valence-electron chi connectivity index (χ3n) is 2.77. The van der Waals surface area contributed by atoms with Crippen LogP contribution in [-0.4, -0.2) is 47.0 Å². The Balaban J connectivity index is 2.74. The summed E-state index contributed by atoms with van der Waals surface area (Å²) in [5.74, 6) is 0. The number of nitrogens with one attached hydrogen (secondary N) is 2. The first-order valence-electron chi connectivity index (χ1n) is 5.96. The standard InChI is InChI=1S/C12H21N3O2S/c1-4-15(3)10-9-14-18(16,17)12-8-6-5-7-11(12)13-2/h5-8,13-14H,4,9-10H2,1-3H3. The van der Waals surface area contributed by atoms with Crippen LogP contribution in [0.3, 0.4) is 0 Å². The Morgan fingerprint density at radius 3 is 2.56 bits per heavy atom. The molecule has 0 spiro atoms. The molecule has 0 amide bonds. The SMILES string of the molecule is CCN(C)CCNS(=O)(=O)c1ccccc1NC. The van der Waals surface area contributed by atoms with Crippen LogP contribution in [0.2, 0.25) is 0 Å². The minimum absolute atomic E-state index is 0.284. The van der Waals surface area contributed by atoms with Gasteiger partial charge < -0.3 is 10.2 Å². The van der Waals surface area contributed by atoms with Gasteiger partial charge in [-0.1, -0.05) is 19.1 Å². The third kappa shape index (κ3) is 3.97. The predicted molar refractivity (Wildman–Crippen MR) is 74.3 cm³/mol. The Morgan fingerprint density at radius 1 is 1.28 bits per heavy atom. The van der Waals surface area contributed by atoms with Crippen LogP contribution in [0.15, 0.2) is 29.2 Å². The molecule has 2 N–H and O–H groups in total. The lowest BCUT2D eigenvalue weighted by Gasteiger charge is -2.15. The van der Waals surface area contributed by atoms with Gasteiger partial charge in [0, 0.05) is 20.1 Å². The summed E-state index contributed by atoms with van der Waals surface area (Å²) < 4.78 is 26.8. The molecule has 0 bridgehead atoms. The van der Waals surface area contributed by atoms with Crippen LogP contribution in [0, 0.1) is 0 Å². The molecule has 6 heteroatoms. The van der Waals surface area contributed by atoms with E-state index < -0.39 is 10.0 Å². The smallest absolute Gasteiger partial charge is 0.242 e. The van der Waals surface area contributed by atoms with Gasteiger partial charge in [-0.15, -0.1) is 0 Å². The van der Waals surface area contributed by atoms with Crippen LogP contribution in [0.1, 0.15) is 6.92 Å². The van der Waals surface area contributed by atoms with E-state index in [0.29, 0.717) is 18.8 Å². The average molecular weight is 271 g/mol. The van der Waals surface area contributed by atoms with Crippen molar-refractivity contribution in [2.75, 3.05) is 39.0 Å². The minimum Gasteiger partial charge on any atom is -0.387 e. The van der Waals surface area contributed by atoms with E-state index in [1.807, 2.05) is 18.9 Å². The fourth-order valence-corrected chi connectivity index (χ4v) is 2.75. The average Bonchev–Trinajstić information content (AvgIpc) is 2.38. The molecule has 0 heterocycles. The van der Waals surface area contributed by atoms with Crippen LogP contribution in [0.25, 0.3) is 0 Å². The molecule has 0 aliphatic rings. The number of sulfonamides is 1. The lowest BCUT2D eigenvalue weighted by molar-refractivity contribution is 0.358. The van der Waals surface area contributed by atoms with Gasteiger partial charge in [0.05, 0.1) is 5.69 Å². The second kappa shape index (κ2) is 6.72. The van der Waals surface area contributed by atoms with E-state index in [-0.39, 0.29) is 4.90 Å². The van der Waals surface area contributed by atoms with Crippen LogP contribution >= 0.6 is 0 Å². The maximum Gasteiger partial charge on any atom is 0.242 e. The molecule has 5 nitrogen and oxygen atoms in total. The summed E-state index contributed by atoms with van der Waals surface area (Å²) in [5, 5.41) is 2.88. The first-order chi connectivity index (χ1) is 8.51. The van der Waals surface area contributed by atoms with Crippen LogP contribution in [-0.2, 0) is 10.0 Å². The number of likely N-dealkylation sites (N-methyl/N-ethyl adjacent to an activating group) is 1. The van der Waals surface area contributed by atoms with E-state index in [1.54, 1.807) is 31.3 Å². The number of rotatable bonds is 7. The van der Waals surface area contributed by atoms with Crippen LogP contribution in [0.5, 0.6) is 0 Å². The third-order valence-corrected chi connectivity index (χ3v) is 4.29. The zero-order valence-electron chi connectivity index (χ0n) is 11.1. The highest BCUT2D eigenvalue weighted by Gasteiger charge is 2.16. The molecule has 0 fully saturated rings. The first kappa shape index (κ1) is 14.9. The summed E-state index contributed by atoms with van der Waals surface area (Å²) in [7, 11) is 0.216. The number of hydrogen-bond donors (Lipinski definition) is 2. The fourth-order valence-electron chi connectivity index (χ4n) is 1.51. The van der Waals surface area contributed by atoms with Gasteiger partial charge in [0.15, 0.2) is 0 Å². The van der Waals surface area contributed by atoms with Crippen molar-refractivity contribution in [3.8, 4) is 0 Å². The van der Waals surface area contributed by atoms with Crippen molar-refractivity contribution in [1.82, 2.24) is 9.62 Å². The molecule has 0 atom stereocenters.